The quantitative estimate of drug-likeness (QED) is 0.221. The van der Waals surface area contributed by atoms with Crippen molar-refractivity contribution < 1.29 is 13.0 Å². The molecule has 2 fully saturated rings. The van der Waals surface area contributed by atoms with Gasteiger partial charge >= 0.3 is 29.6 Å². The van der Waals surface area contributed by atoms with Gasteiger partial charge in [-0.3, -0.25) is 4.55 Å². The summed E-state index contributed by atoms with van der Waals surface area (Å²) in [6.07, 6.45) is 13.6. The molecule has 0 unspecified atom stereocenters. The summed E-state index contributed by atoms with van der Waals surface area (Å²) in [5, 5.41) is 1.53. The van der Waals surface area contributed by atoms with Gasteiger partial charge in [0.25, 0.3) is 10.1 Å². The van der Waals surface area contributed by atoms with Crippen LogP contribution >= 0.6 is 7.92 Å². The molecular weight excluding hydrogens is 494 g/mol. The first-order chi connectivity index (χ1) is 16.7. The van der Waals surface area contributed by atoms with Crippen LogP contribution in [0.4, 0.5) is 0 Å². The van der Waals surface area contributed by atoms with Gasteiger partial charge in [0.2, 0.25) is 0 Å². The zero-order chi connectivity index (χ0) is 25.2. The summed E-state index contributed by atoms with van der Waals surface area (Å²) < 4.78 is 34.3. The molecular formula is C30H44NaO3PS. The third-order valence-electron chi connectivity index (χ3n) is 8.10. The normalized spacial score (nSPS) is 18.1. The molecule has 36 heavy (non-hydrogen) atoms. The van der Waals surface area contributed by atoms with E-state index in [0.717, 1.165) is 22.4 Å². The molecule has 2 aliphatic rings. The average Bonchev–Trinajstić information content (AvgIpc) is 2.84. The van der Waals surface area contributed by atoms with E-state index in [9.17, 15) is 13.0 Å². The van der Waals surface area contributed by atoms with Crippen LogP contribution in [0.25, 0.3) is 11.1 Å². The molecule has 0 aromatic heterocycles. The first kappa shape index (κ1) is 30.3. The predicted octanol–water partition coefficient (Wildman–Crippen LogP) is 7.97. The van der Waals surface area contributed by atoms with Crippen molar-refractivity contribution >= 4 is 52.9 Å². The SMILES string of the molecule is CC(C)c1cc(S(=O)(=O)O)cc(C(C)C)c1-c1ccccc1P(C1CCCCC1)C1CCCCC1.[NaH]. The van der Waals surface area contributed by atoms with E-state index >= 15 is 0 Å². The third-order valence-corrected chi connectivity index (χ3v) is 12.5. The van der Waals surface area contributed by atoms with Gasteiger partial charge in [-0.15, -0.1) is 0 Å². The van der Waals surface area contributed by atoms with Gasteiger partial charge < -0.3 is 0 Å². The van der Waals surface area contributed by atoms with Gasteiger partial charge in [0.1, 0.15) is 0 Å². The molecule has 0 radical (unpaired) electrons. The summed E-state index contributed by atoms with van der Waals surface area (Å²) in [5.41, 5.74) is 6.16. The molecule has 2 aliphatic carbocycles. The van der Waals surface area contributed by atoms with E-state index < -0.39 is 10.1 Å². The first-order valence-corrected chi connectivity index (χ1v) is 16.6. The van der Waals surface area contributed by atoms with E-state index in [1.54, 1.807) is 12.1 Å². The van der Waals surface area contributed by atoms with Crippen molar-refractivity contribution in [3.63, 3.8) is 0 Å². The number of benzene rings is 2. The molecule has 0 spiro atoms. The van der Waals surface area contributed by atoms with Crippen molar-refractivity contribution in [2.45, 2.75) is 120 Å². The Hall–Kier alpha value is -0.220. The van der Waals surface area contributed by atoms with Crippen LogP contribution in [0.1, 0.15) is 115 Å². The van der Waals surface area contributed by atoms with Crippen molar-refractivity contribution in [1.82, 2.24) is 0 Å². The molecule has 0 amide bonds. The van der Waals surface area contributed by atoms with E-state index in [1.165, 1.54) is 80.6 Å². The summed E-state index contributed by atoms with van der Waals surface area (Å²) in [4.78, 5) is 0.0213. The standard InChI is InChI=1S/C30H43O3PS.Na.H/c1-21(2)27-19-25(35(31,32)33)20-28(22(3)4)30(27)26-17-11-12-18-29(26)34(23-13-7-5-8-14-23)24-15-9-6-10-16-24;;/h11-12,17-24H,5-10,13-16H2,1-4H3,(H,31,32,33);;. The van der Waals surface area contributed by atoms with Crippen molar-refractivity contribution in [1.29, 1.82) is 0 Å². The summed E-state index contributed by atoms with van der Waals surface area (Å²) in [6, 6.07) is 12.5. The van der Waals surface area contributed by atoms with E-state index in [1.807, 2.05) is 0 Å². The Kier molecular flexibility index (Phi) is 11.1. The molecule has 2 aromatic carbocycles. The van der Waals surface area contributed by atoms with Gasteiger partial charge in [-0.05, 0) is 88.5 Å². The molecule has 0 heterocycles. The fraction of sp³-hybridized carbons (Fsp3) is 0.600. The second kappa shape index (κ2) is 13.2. The Balaban J connectivity index is 0.00000361. The molecule has 194 valence electrons. The van der Waals surface area contributed by atoms with Gasteiger partial charge in [0.05, 0.1) is 4.90 Å². The molecule has 6 heteroatoms. The van der Waals surface area contributed by atoms with E-state index in [-0.39, 0.29) is 54.2 Å². The van der Waals surface area contributed by atoms with Crippen molar-refractivity contribution in [3.8, 4) is 11.1 Å². The molecule has 0 aliphatic heterocycles. The fourth-order valence-corrected chi connectivity index (χ4v) is 10.9. The summed E-state index contributed by atoms with van der Waals surface area (Å²) in [6.45, 7) is 8.52. The van der Waals surface area contributed by atoms with Crippen LogP contribution in [0.5, 0.6) is 0 Å². The van der Waals surface area contributed by atoms with Gasteiger partial charge in [0.15, 0.2) is 0 Å². The van der Waals surface area contributed by atoms with Crippen molar-refractivity contribution in [3.05, 3.63) is 47.5 Å². The van der Waals surface area contributed by atoms with E-state index in [2.05, 4.69) is 52.0 Å². The summed E-state index contributed by atoms with van der Waals surface area (Å²) in [7, 11) is -4.57. The second-order valence-electron chi connectivity index (χ2n) is 11.3. The second-order valence-corrected chi connectivity index (χ2v) is 15.4. The van der Waals surface area contributed by atoms with Crippen molar-refractivity contribution in [2.75, 3.05) is 0 Å². The summed E-state index contributed by atoms with van der Waals surface area (Å²) in [5.74, 6) is 0.292. The zero-order valence-corrected chi connectivity index (χ0v) is 23.7. The topological polar surface area (TPSA) is 54.4 Å². The third kappa shape index (κ3) is 6.85. The molecule has 0 bridgehead atoms. The molecule has 2 aromatic rings. The molecule has 0 atom stereocenters. The van der Waals surface area contributed by atoms with Crippen LogP contribution in [-0.2, 0) is 10.1 Å². The van der Waals surface area contributed by atoms with E-state index in [0.29, 0.717) is 0 Å². The van der Waals surface area contributed by atoms with Crippen LogP contribution in [0, 0.1) is 0 Å². The van der Waals surface area contributed by atoms with Crippen molar-refractivity contribution in [2.24, 2.45) is 0 Å². The number of hydrogen-bond acceptors (Lipinski definition) is 2. The Bertz CT molecular complexity index is 1070. The minimum atomic E-state index is -4.27. The van der Waals surface area contributed by atoms with Crippen LogP contribution in [0.2, 0.25) is 0 Å². The Morgan fingerprint density at radius 1 is 0.778 bits per heavy atom. The average molecular weight is 539 g/mol. The Labute approximate surface area is 243 Å². The first-order valence-electron chi connectivity index (χ1n) is 13.7. The van der Waals surface area contributed by atoms with Gasteiger partial charge in [-0.1, -0.05) is 98.4 Å². The predicted molar refractivity (Wildman–Crippen MR) is 157 cm³/mol. The van der Waals surface area contributed by atoms with Crippen LogP contribution in [-0.4, -0.2) is 53.8 Å². The zero-order valence-electron chi connectivity index (χ0n) is 22.0. The van der Waals surface area contributed by atoms with Crippen LogP contribution in [0.3, 0.4) is 0 Å². The van der Waals surface area contributed by atoms with Gasteiger partial charge in [-0.2, -0.15) is 8.42 Å². The van der Waals surface area contributed by atoms with Gasteiger partial charge in [-0.25, -0.2) is 0 Å². The maximum atomic E-state index is 12.2. The Morgan fingerprint density at radius 3 is 1.64 bits per heavy atom. The molecule has 1 N–H and O–H groups in total. The van der Waals surface area contributed by atoms with E-state index in [4.69, 9.17) is 0 Å². The molecule has 3 nitrogen and oxygen atoms in total. The minimum absolute atomic E-state index is 0. The molecule has 0 saturated heterocycles. The number of hydrogen-bond donors (Lipinski definition) is 1. The summed E-state index contributed by atoms with van der Waals surface area (Å²) >= 11 is 0. The number of rotatable bonds is 7. The Morgan fingerprint density at radius 2 is 1.22 bits per heavy atom. The fourth-order valence-electron chi connectivity index (χ4n) is 6.35. The monoisotopic (exact) mass is 538 g/mol. The molecule has 4 rings (SSSR count). The molecule has 2 saturated carbocycles. The van der Waals surface area contributed by atoms with Crippen LogP contribution in [0.15, 0.2) is 41.3 Å². The van der Waals surface area contributed by atoms with Crippen LogP contribution < -0.4 is 5.30 Å². The van der Waals surface area contributed by atoms with Gasteiger partial charge in [0, 0.05) is 0 Å². The maximum absolute atomic E-state index is 12.2.